The maximum absolute atomic E-state index is 14.1. The highest BCUT2D eigenvalue weighted by molar-refractivity contribution is 5.80. The molecule has 1 aliphatic carbocycles. The van der Waals surface area contributed by atoms with Crippen LogP contribution in [-0.2, 0) is 18.4 Å². The third kappa shape index (κ3) is 3.23. The molecule has 1 atom stereocenters. The SMILES string of the molecule is CN=C(NCC1(c2ccccc2F)CC1)NC1CCc2ncnn2C1. The Bertz CT molecular complexity index is 779. The minimum Gasteiger partial charge on any atom is -0.356 e. The van der Waals surface area contributed by atoms with Crippen molar-refractivity contribution in [3.05, 3.63) is 47.8 Å². The third-order valence-corrected chi connectivity index (χ3v) is 5.26. The van der Waals surface area contributed by atoms with Gasteiger partial charge < -0.3 is 10.6 Å². The summed E-state index contributed by atoms with van der Waals surface area (Å²) in [6, 6.07) is 7.35. The minimum atomic E-state index is -0.115. The summed E-state index contributed by atoms with van der Waals surface area (Å²) < 4.78 is 16.1. The molecule has 4 rings (SSSR count). The lowest BCUT2D eigenvalue weighted by atomic mass is 9.95. The number of halogens is 1. The average Bonchev–Trinajstić information content (AvgIpc) is 3.27. The minimum absolute atomic E-state index is 0.103. The number of nitrogens with one attached hydrogen (secondary N) is 2. The van der Waals surface area contributed by atoms with Crippen molar-refractivity contribution >= 4 is 5.96 Å². The van der Waals surface area contributed by atoms with E-state index >= 15 is 0 Å². The van der Waals surface area contributed by atoms with Crippen molar-refractivity contribution in [1.29, 1.82) is 0 Å². The Morgan fingerprint density at radius 3 is 3.00 bits per heavy atom. The second-order valence-corrected chi connectivity index (χ2v) is 6.92. The summed E-state index contributed by atoms with van der Waals surface area (Å²) in [6.45, 7) is 1.48. The summed E-state index contributed by atoms with van der Waals surface area (Å²) in [6.07, 6.45) is 5.52. The third-order valence-electron chi connectivity index (χ3n) is 5.26. The molecule has 2 aliphatic rings. The topological polar surface area (TPSA) is 67.1 Å². The van der Waals surface area contributed by atoms with Crippen molar-refractivity contribution in [2.75, 3.05) is 13.6 Å². The first-order valence-corrected chi connectivity index (χ1v) is 8.79. The Balaban J connectivity index is 1.37. The van der Waals surface area contributed by atoms with E-state index in [0.29, 0.717) is 6.54 Å². The van der Waals surface area contributed by atoms with Crippen molar-refractivity contribution < 1.29 is 4.39 Å². The number of hydrogen-bond donors (Lipinski definition) is 2. The molecule has 1 unspecified atom stereocenters. The van der Waals surface area contributed by atoms with E-state index < -0.39 is 0 Å². The molecule has 7 heteroatoms. The van der Waals surface area contributed by atoms with Crippen LogP contribution in [0.4, 0.5) is 4.39 Å². The normalized spacial score (nSPS) is 21.5. The number of benzene rings is 1. The Morgan fingerprint density at radius 2 is 2.24 bits per heavy atom. The van der Waals surface area contributed by atoms with Crippen LogP contribution >= 0.6 is 0 Å². The van der Waals surface area contributed by atoms with Gasteiger partial charge in [0.05, 0.1) is 6.54 Å². The summed E-state index contributed by atoms with van der Waals surface area (Å²) >= 11 is 0. The number of guanidine groups is 1. The zero-order valence-electron chi connectivity index (χ0n) is 14.4. The number of aryl methyl sites for hydroxylation is 1. The highest BCUT2D eigenvalue weighted by Gasteiger charge is 2.45. The van der Waals surface area contributed by atoms with Crippen molar-refractivity contribution in [2.45, 2.75) is 43.7 Å². The molecule has 0 spiro atoms. The molecule has 0 saturated heterocycles. The predicted octanol–water partition coefficient (Wildman–Crippen LogP) is 1.63. The van der Waals surface area contributed by atoms with Crippen LogP contribution in [0.5, 0.6) is 0 Å². The first kappa shape index (κ1) is 16.1. The van der Waals surface area contributed by atoms with Crippen LogP contribution in [0.25, 0.3) is 0 Å². The van der Waals surface area contributed by atoms with Crippen LogP contribution in [0.15, 0.2) is 35.6 Å². The predicted molar refractivity (Wildman–Crippen MR) is 93.9 cm³/mol. The largest absolute Gasteiger partial charge is 0.356 e. The lowest BCUT2D eigenvalue weighted by Crippen LogP contribution is -2.48. The summed E-state index contributed by atoms with van der Waals surface area (Å²) in [5, 5.41) is 11.1. The van der Waals surface area contributed by atoms with Gasteiger partial charge in [0.15, 0.2) is 5.96 Å². The molecule has 6 nitrogen and oxygen atoms in total. The highest BCUT2D eigenvalue weighted by Crippen LogP contribution is 2.48. The summed E-state index contributed by atoms with van der Waals surface area (Å²) in [7, 11) is 1.77. The Morgan fingerprint density at radius 1 is 1.40 bits per heavy atom. The van der Waals surface area contributed by atoms with E-state index in [0.717, 1.165) is 49.6 Å². The number of aliphatic imine (C=N–C) groups is 1. The van der Waals surface area contributed by atoms with Crippen molar-refractivity contribution in [3.63, 3.8) is 0 Å². The molecule has 1 aromatic carbocycles. The fraction of sp³-hybridized carbons (Fsp3) is 0.500. The summed E-state index contributed by atoms with van der Waals surface area (Å²) in [5.41, 5.74) is 0.706. The van der Waals surface area contributed by atoms with Gasteiger partial charge in [-0.1, -0.05) is 18.2 Å². The van der Waals surface area contributed by atoms with Crippen LogP contribution < -0.4 is 10.6 Å². The standard InChI is InChI=1S/C18H23FN6/c1-20-17(24-13-6-7-16-22-12-23-25(16)10-13)21-11-18(8-9-18)14-4-2-3-5-15(14)19/h2-5,12-13H,6-11H2,1H3,(H2,20,21,24). The van der Waals surface area contributed by atoms with Gasteiger partial charge in [-0.15, -0.1) is 0 Å². The molecule has 1 saturated carbocycles. The maximum Gasteiger partial charge on any atom is 0.191 e. The van der Waals surface area contributed by atoms with Crippen LogP contribution in [0, 0.1) is 5.82 Å². The van der Waals surface area contributed by atoms with E-state index in [1.54, 1.807) is 25.5 Å². The first-order chi connectivity index (χ1) is 12.2. The van der Waals surface area contributed by atoms with E-state index in [1.807, 2.05) is 16.8 Å². The molecule has 1 fully saturated rings. The lowest BCUT2D eigenvalue weighted by Gasteiger charge is -2.26. The average molecular weight is 342 g/mol. The fourth-order valence-corrected chi connectivity index (χ4v) is 3.58. The zero-order valence-corrected chi connectivity index (χ0v) is 14.4. The molecule has 2 N–H and O–H groups in total. The maximum atomic E-state index is 14.1. The van der Waals surface area contributed by atoms with Crippen molar-refractivity contribution in [3.8, 4) is 0 Å². The number of rotatable bonds is 4. The van der Waals surface area contributed by atoms with Crippen LogP contribution in [0.2, 0.25) is 0 Å². The highest BCUT2D eigenvalue weighted by atomic mass is 19.1. The second-order valence-electron chi connectivity index (χ2n) is 6.92. The van der Waals surface area contributed by atoms with Gasteiger partial charge in [0.2, 0.25) is 0 Å². The number of aromatic nitrogens is 3. The Labute approximate surface area is 146 Å². The van der Waals surface area contributed by atoms with Gasteiger partial charge in [0.1, 0.15) is 18.0 Å². The van der Waals surface area contributed by atoms with Crippen LogP contribution in [-0.4, -0.2) is 40.4 Å². The molecular weight excluding hydrogens is 319 g/mol. The molecule has 2 heterocycles. The molecule has 1 aromatic heterocycles. The number of nitrogens with zero attached hydrogens (tertiary/aromatic N) is 4. The zero-order chi connectivity index (χ0) is 17.3. The first-order valence-electron chi connectivity index (χ1n) is 8.79. The van der Waals surface area contributed by atoms with Gasteiger partial charge in [-0.2, -0.15) is 5.10 Å². The van der Waals surface area contributed by atoms with Gasteiger partial charge in [-0.3, -0.25) is 4.99 Å². The molecule has 0 radical (unpaired) electrons. The summed E-state index contributed by atoms with van der Waals surface area (Å²) in [4.78, 5) is 8.58. The van der Waals surface area contributed by atoms with E-state index in [9.17, 15) is 4.39 Å². The monoisotopic (exact) mass is 342 g/mol. The van der Waals surface area contributed by atoms with E-state index in [4.69, 9.17) is 0 Å². The van der Waals surface area contributed by atoms with Crippen LogP contribution in [0.1, 0.15) is 30.7 Å². The van der Waals surface area contributed by atoms with E-state index in [-0.39, 0.29) is 17.3 Å². The van der Waals surface area contributed by atoms with Crippen molar-refractivity contribution in [2.24, 2.45) is 4.99 Å². The van der Waals surface area contributed by atoms with E-state index in [2.05, 4.69) is 25.7 Å². The molecule has 132 valence electrons. The smallest absolute Gasteiger partial charge is 0.191 e. The molecular formula is C18H23FN6. The second kappa shape index (κ2) is 6.46. The molecule has 2 aromatic rings. The lowest BCUT2D eigenvalue weighted by molar-refractivity contribution is 0.392. The Hall–Kier alpha value is -2.44. The molecule has 25 heavy (non-hydrogen) atoms. The number of fused-ring (bicyclic) bond motifs is 1. The summed E-state index contributed by atoms with van der Waals surface area (Å²) in [5.74, 6) is 1.68. The van der Waals surface area contributed by atoms with Gasteiger partial charge >= 0.3 is 0 Å². The van der Waals surface area contributed by atoms with Gasteiger partial charge in [-0.05, 0) is 30.9 Å². The molecule has 0 bridgehead atoms. The van der Waals surface area contributed by atoms with Gasteiger partial charge in [0.25, 0.3) is 0 Å². The quantitative estimate of drug-likeness (QED) is 0.655. The van der Waals surface area contributed by atoms with Gasteiger partial charge in [0, 0.05) is 31.5 Å². The molecule has 0 amide bonds. The van der Waals surface area contributed by atoms with Gasteiger partial charge in [-0.25, -0.2) is 14.1 Å². The number of hydrogen-bond acceptors (Lipinski definition) is 3. The van der Waals surface area contributed by atoms with E-state index in [1.165, 1.54) is 0 Å². The Kier molecular flexibility index (Phi) is 4.15. The fourth-order valence-electron chi connectivity index (χ4n) is 3.58. The van der Waals surface area contributed by atoms with Crippen LogP contribution in [0.3, 0.4) is 0 Å². The van der Waals surface area contributed by atoms with Crippen molar-refractivity contribution in [1.82, 2.24) is 25.4 Å². The molecule has 1 aliphatic heterocycles.